The Morgan fingerprint density at radius 3 is 2.73 bits per heavy atom. The molecule has 204 valence electrons. The number of carbonyl (C=O) groups excluding carboxylic acids is 2. The third-order valence-electron chi connectivity index (χ3n) is 8.09. The first-order valence-corrected chi connectivity index (χ1v) is 13.8. The van der Waals surface area contributed by atoms with E-state index in [-0.39, 0.29) is 41.2 Å². The number of fused-ring (bicyclic) bond motifs is 1. The normalized spacial score (nSPS) is 19.0. The van der Waals surface area contributed by atoms with Crippen LogP contribution in [-0.2, 0) is 0 Å². The van der Waals surface area contributed by atoms with Crippen molar-refractivity contribution in [3.05, 3.63) is 83.6 Å². The Balaban J connectivity index is 1.22. The summed E-state index contributed by atoms with van der Waals surface area (Å²) in [6.07, 6.45) is 7.41. The van der Waals surface area contributed by atoms with Crippen LogP contribution in [0.4, 0.5) is 21.7 Å². The first kappa shape index (κ1) is 25.9. The number of nitrogens with one attached hydrogen (secondary N) is 1. The molecule has 3 heterocycles. The van der Waals surface area contributed by atoms with Gasteiger partial charge in [0.05, 0.1) is 17.3 Å². The number of aromatic nitrogens is 3. The van der Waals surface area contributed by atoms with Gasteiger partial charge in [0, 0.05) is 36.3 Å². The maximum atomic E-state index is 14.8. The summed E-state index contributed by atoms with van der Waals surface area (Å²) in [7, 11) is 0. The predicted molar refractivity (Wildman–Crippen MR) is 152 cm³/mol. The van der Waals surface area contributed by atoms with Gasteiger partial charge in [-0.25, -0.2) is 14.4 Å². The highest BCUT2D eigenvalue weighted by molar-refractivity contribution is 5.97. The molecule has 0 spiro atoms. The van der Waals surface area contributed by atoms with Crippen LogP contribution in [-0.4, -0.2) is 39.2 Å². The molecule has 1 saturated carbocycles. The first-order chi connectivity index (χ1) is 19.4. The lowest BCUT2D eigenvalue weighted by molar-refractivity contribution is 0.0940. The summed E-state index contributed by atoms with van der Waals surface area (Å²) < 4.78 is 14.8. The Kier molecular flexibility index (Phi) is 6.88. The third kappa shape index (κ3) is 5.23. The Morgan fingerprint density at radius 1 is 1.10 bits per heavy atom. The summed E-state index contributed by atoms with van der Waals surface area (Å²) in [5, 5.41) is 4.14. The lowest BCUT2D eigenvalue weighted by Gasteiger charge is -2.40. The second kappa shape index (κ2) is 10.6. The number of primary amides is 1. The van der Waals surface area contributed by atoms with E-state index in [0.717, 1.165) is 54.4 Å². The van der Waals surface area contributed by atoms with Crippen molar-refractivity contribution in [3.63, 3.8) is 0 Å². The molecule has 2 fully saturated rings. The van der Waals surface area contributed by atoms with Gasteiger partial charge in [-0.2, -0.15) is 0 Å². The topological polar surface area (TPSA) is 114 Å². The number of carbonyl (C=O) groups is 2. The molecule has 2 aromatic carbocycles. The Morgan fingerprint density at radius 2 is 1.95 bits per heavy atom. The van der Waals surface area contributed by atoms with Crippen molar-refractivity contribution in [1.82, 2.24) is 15.0 Å². The highest BCUT2D eigenvalue weighted by atomic mass is 19.1. The smallest absolute Gasteiger partial charge is 0.271 e. The largest absolute Gasteiger partial charge is 0.364 e. The van der Waals surface area contributed by atoms with Gasteiger partial charge in [-0.15, -0.1) is 0 Å². The van der Waals surface area contributed by atoms with E-state index in [9.17, 15) is 14.0 Å². The van der Waals surface area contributed by atoms with E-state index >= 15 is 0 Å². The van der Waals surface area contributed by atoms with Crippen LogP contribution in [0.2, 0.25) is 0 Å². The van der Waals surface area contributed by atoms with E-state index in [2.05, 4.69) is 27.1 Å². The summed E-state index contributed by atoms with van der Waals surface area (Å²) in [6, 6.07) is 14.5. The molecule has 0 unspecified atom stereocenters. The van der Waals surface area contributed by atoms with Crippen molar-refractivity contribution in [1.29, 1.82) is 0 Å². The molecule has 6 rings (SSSR count). The van der Waals surface area contributed by atoms with Crippen molar-refractivity contribution in [2.24, 2.45) is 11.7 Å². The third-order valence-corrected chi connectivity index (χ3v) is 8.09. The molecule has 2 aromatic heterocycles. The number of Topliss-reactive ketones (excluding diaryl/α,β-unsaturated/α-hetero) is 1. The summed E-state index contributed by atoms with van der Waals surface area (Å²) in [6.45, 7) is 2.78. The highest BCUT2D eigenvalue weighted by Gasteiger charge is 2.32. The number of pyridine rings is 1. The van der Waals surface area contributed by atoms with Crippen LogP contribution in [0.5, 0.6) is 0 Å². The van der Waals surface area contributed by atoms with Gasteiger partial charge in [0.1, 0.15) is 11.6 Å². The van der Waals surface area contributed by atoms with Crippen LogP contribution >= 0.6 is 0 Å². The summed E-state index contributed by atoms with van der Waals surface area (Å²) in [4.78, 5) is 40.8. The maximum absolute atomic E-state index is 14.8. The van der Waals surface area contributed by atoms with Crippen LogP contribution < -0.4 is 16.0 Å². The molecule has 1 amide bonds. The minimum Gasteiger partial charge on any atom is -0.364 e. The highest BCUT2D eigenvalue weighted by Crippen LogP contribution is 2.40. The second-order valence-electron chi connectivity index (χ2n) is 10.8. The van der Waals surface area contributed by atoms with E-state index in [4.69, 9.17) is 10.7 Å². The lowest BCUT2D eigenvalue weighted by Crippen LogP contribution is -2.44. The molecule has 8 nitrogen and oxygen atoms in total. The van der Waals surface area contributed by atoms with Crippen LogP contribution in [0.1, 0.15) is 71.4 Å². The van der Waals surface area contributed by atoms with Crippen LogP contribution in [0, 0.1) is 11.7 Å². The number of ketones is 1. The summed E-state index contributed by atoms with van der Waals surface area (Å²) in [5.41, 5.74) is 8.37. The molecule has 1 aliphatic carbocycles. The van der Waals surface area contributed by atoms with Gasteiger partial charge in [-0.1, -0.05) is 12.1 Å². The number of hydrogen-bond acceptors (Lipinski definition) is 7. The Bertz CT molecular complexity index is 1600. The molecule has 1 aliphatic heterocycles. The number of rotatable bonds is 8. The van der Waals surface area contributed by atoms with Gasteiger partial charge >= 0.3 is 0 Å². The zero-order valence-corrected chi connectivity index (χ0v) is 22.3. The first-order valence-electron chi connectivity index (χ1n) is 13.8. The van der Waals surface area contributed by atoms with Gasteiger partial charge in [-0.3, -0.25) is 14.6 Å². The summed E-state index contributed by atoms with van der Waals surface area (Å²) >= 11 is 0. The van der Waals surface area contributed by atoms with E-state index < -0.39 is 11.7 Å². The minimum absolute atomic E-state index is 0.0192. The summed E-state index contributed by atoms with van der Waals surface area (Å²) in [5.74, 6) is 0.00523. The number of piperidine rings is 1. The van der Waals surface area contributed by atoms with Crippen molar-refractivity contribution in [2.45, 2.75) is 51.0 Å². The van der Waals surface area contributed by atoms with Crippen molar-refractivity contribution < 1.29 is 14.0 Å². The van der Waals surface area contributed by atoms with Crippen LogP contribution in [0.3, 0.4) is 0 Å². The average molecular weight is 539 g/mol. The van der Waals surface area contributed by atoms with Crippen LogP contribution in [0.25, 0.3) is 10.9 Å². The molecule has 2 aliphatic rings. The SMILES string of the molecule is C[C@@H]1[C@H](CC(=O)c2ccc(C3CC3)cc2F)CCCN1c1cnc(C(N)=O)c(Nc2ccc3ncccc3c2)n1. The molecule has 1 saturated heterocycles. The maximum Gasteiger partial charge on any atom is 0.271 e. The number of amides is 1. The van der Waals surface area contributed by atoms with Crippen molar-refractivity contribution >= 4 is 39.9 Å². The molecular weight excluding hydrogens is 507 g/mol. The van der Waals surface area contributed by atoms with Gasteiger partial charge in [-0.05, 0) is 86.4 Å². The van der Waals surface area contributed by atoms with Crippen LogP contribution in [0.15, 0.2) is 60.9 Å². The number of nitrogens with two attached hydrogens (primary N) is 1. The number of anilines is 3. The molecule has 3 N–H and O–H groups in total. The van der Waals surface area contributed by atoms with Gasteiger partial charge in [0.2, 0.25) is 0 Å². The molecule has 2 atom stereocenters. The zero-order valence-electron chi connectivity index (χ0n) is 22.3. The Labute approximate surface area is 231 Å². The number of nitrogens with zero attached hydrogens (tertiary/aromatic N) is 4. The fourth-order valence-electron chi connectivity index (χ4n) is 5.67. The molecule has 40 heavy (non-hydrogen) atoms. The predicted octanol–water partition coefficient (Wildman–Crippen LogP) is 5.76. The fraction of sp³-hybridized carbons (Fsp3) is 0.323. The fourth-order valence-corrected chi connectivity index (χ4v) is 5.67. The van der Waals surface area contributed by atoms with E-state index in [1.807, 2.05) is 36.4 Å². The van der Waals surface area contributed by atoms with E-state index in [1.54, 1.807) is 18.5 Å². The zero-order chi connectivity index (χ0) is 27.8. The molecule has 4 aromatic rings. The molecule has 0 bridgehead atoms. The lowest BCUT2D eigenvalue weighted by atomic mass is 9.84. The van der Waals surface area contributed by atoms with E-state index in [1.165, 1.54) is 6.07 Å². The van der Waals surface area contributed by atoms with Gasteiger partial charge < -0.3 is 16.0 Å². The van der Waals surface area contributed by atoms with Gasteiger partial charge in [0.15, 0.2) is 17.3 Å². The van der Waals surface area contributed by atoms with E-state index in [0.29, 0.717) is 11.7 Å². The average Bonchev–Trinajstić information content (AvgIpc) is 3.80. The molecular formula is C31H31FN6O2. The van der Waals surface area contributed by atoms with Crippen molar-refractivity contribution in [2.75, 3.05) is 16.8 Å². The number of halogens is 1. The monoisotopic (exact) mass is 538 g/mol. The minimum atomic E-state index is -0.686. The van der Waals surface area contributed by atoms with Crippen molar-refractivity contribution in [3.8, 4) is 0 Å². The standard InChI is InChI=1S/C31H31FN6O2/c1-18-20(16-27(39)24-10-8-21(15-25(24)32)19-6-7-19)5-3-13-38(18)28-17-35-29(30(33)40)31(37-28)36-23-9-11-26-22(14-23)4-2-12-34-26/h2,4,8-12,14-15,17-20H,3,5-7,13,16H2,1H3,(H2,33,40)(H,36,37)/t18-,20+/m1/s1. The number of benzene rings is 2. The van der Waals surface area contributed by atoms with Gasteiger partial charge in [0.25, 0.3) is 5.91 Å². The Hall–Kier alpha value is -4.40. The molecule has 9 heteroatoms. The molecule has 0 radical (unpaired) electrons. The quantitative estimate of drug-likeness (QED) is 0.274. The number of hydrogen-bond donors (Lipinski definition) is 2. The second-order valence-corrected chi connectivity index (χ2v) is 10.8.